The summed E-state index contributed by atoms with van der Waals surface area (Å²) >= 11 is 0. The first-order valence-electron chi connectivity index (χ1n) is 4.75. The highest BCUT2D eigenvalue weighted by atomic mass is 16.5. The summed E-state index contributed by atoms with van der Waals surface area (Å²) in [7, 11) is 2.12. The monoisotopic (exact) mass is 172 g/mol. The van der Waals surface area contributed by atoms with Crippen molar-refractivity contribution in [1.29, 1.82) is 0 Å². The molecule has 2 fully saturated rings. The Morgan fingerprint density at radius 1 is 1.42 bits per heavy atom. The van der Waals surface area contributed by atoms with Crippen LogP contribution in [0.1, 0.15) is 13.8 Å². The van der Waals surface area contributed by atoms with Crippen LogP contribution in [0.4, 0.5) is 0 Å². The number of nitrogens with zero attached hydrogens (tertiary/aromatic N) is 1. The lowest BCUT2D eigenvalue weighted by molar-refractivity contribution is -0.111. The van der Waals surface area contributed by atoms with E-state index in [1.165, 1.54) is 0 Å². The van der Waals surface area contributed by atoms with Crippen LogP contribution in [0, 0.1) is 5.41 Å². The number of nitrogens with two attached hydrogens (primary N) is 1. The van der Waals surface area contributed by atoms with E-state index in [4.69, 9.17) is 10.5 Å². The molecule has 0 aromatic carbocycles. The third-order valence-corrected chi connectivity index (χ3v) is 2.66. The fourth-order valence-corrected chi connectivity index (χ4v) is 1.92. The van der Waals surface area contributed by atoms with Crippen molar-refractivity contribution in [2.24, 2.45) is 11.1 Å². The maximum Gasteiger partial charge on any atom is 0.0572 e. The predicted octanol–water partition coefficient (Wildman–Crippen LogP) is 0.302. The summed E-state index contributed by atoms with van der Waals surface area (Å²) in [5.74, 6) is 0. The maximum atomic E-state index is 5.94. The largest absolute Gasteiger partial charge is 0.380 e. The summed E-state index contributed by atoms with van der Waals surface area (Å²) in [5.41, 5.74) is 6.27. The Kier molecular flexibility index (Phi) is 3.09. The molecule has 1 atom stereocenters. The normalized spacial score (nSPS) is 32.5. The van der Waals surface area contributed by atoms with Crippen molar-refractivity contribution in [3.63, 3.8) is 0 Å². The van der Waals surface area contributed by atoms with Crippen molar-refractivity contribution in [2.75, 3.05) is 33.4 Å². The average molecular weight is 172 g/mol. The van der Waals surface area contributed by atoms with Crippen molar-refractivity contribution in [3.8, 4) is 0 Å². The molecule has 2 aliphatic heterocycles. The number of likely N-dealkylation sites (tertiary alicyclic amines) is 1. The molecule has 0 saturated carbocycles. The minimum absolute atomic E-state index is 0.328. The molecule has 0 amide bonds. The Bertz CT molecular complexity index is 145. The van der Waals surface area contributed by atoms with E-state index >= 15 is 0 Å². The molecule has 0 aromatic rings. The number of hydrogen-bond donors (Lipinski definition) is 1. The topological polar surface area (TPSA) is 38.5 Å². The molecule has 2 N–H and O–H groups in total. The molecule has 2 rings (SSSR count). The van der Waals surface area contributed by atoms with Crippen LogP contribution in [-0.2, 0) is 4.74 Å². The van der Waals surface area contributed by atoms with Gasteiger partial charge in [-0.2, -0.15) is 0 Å². The van der Waals surface area contributed by atoms with Crippen LogP contribution in [0.15, 0.2) is 0 Å². The quantitative estimate of drug-likeness (QED) is 0.571. The molecule has 72 valence electrons. The van der Waals surface area contributed by atoms with Crippen LogP contribution in [-0.4, -0.2) is 44.3 Å². The highest BCUT2D eigenvalue weighted by Gasteiger charge is 2.49. The van der Waals surface area contributed by atoms with Gasteiger partial charge in [-0.3, -0.25) is 0 Å². The standard InChI is InChI=1S/C7H14N2O.C2H6/c1-9-2-6(8)7(3-9)4-10-5-7;1-2/h6H,2-5,8H2,1H3;1-2H3. The Balaban J connectivity index is 0.000000336. The van der Waals surface area contributed by atoms with Crippen LogP contribution in [0.5, 0.6) is 0 Å². The summed E-state index contributed by atoms with van der Waals surface area (Å²) in [4.78, 5) is 2.28. The lowest BCUT2D eigenvalue weighted by Crippen LogP contribution is -2.54. The number of rotatable bonds is 0. The van der Waals surface area contributed by atoms with Crippen molar-refractivity contribution >= 4 is 0 Å². The van der Waals surface area contributed by atoms with Crippen LogP contribution in [0.2, 0.25) is 0 Å². The second-order valence-electron chi connectivity index (χ2n) is 3.66. The third-order valence-electron chi connectivity index (χ3n) is 2.66. The van der Waals surface area contributed by atoms with Gasteiger partial charge in [0.1, 0.15) is 0 Å². The first-order chi connectivity index (χ1) is 5.73. The first kappa shape index (κ1) is 9.96. The van der Waals surface area contributed by atoms with Crippen LogP contribution in [0.25, 0.3) is 0 Å². The highest BCUT2D eigenvalue weighted by molar-refractivity contribution is 5.02. The molecular formula is C9H20N2O. The SMILES string of the molecule is CC.CN1CC(N)C2(COC2)C1. The number of likely N-dealkylation sites (N-methyl/N-ethyl adjacent to an activating group) is 1. The van der Waals surface area contributed by atoms with E-state index < -0.39 is 0 Å². The molecule has 3 nitrogen and oxygen atoms in total. The minimum Gasteiger partial charge on any atom is -0.380 e. The zero-order valence-electron chi connectivity index (χ0n) is 8.34. The molecule has 0 bridgehead atoms. The van der Waals surface area contributed by atoms with E-state index in [1.54, 1.807) is 0 Å². The van der Waals surface area contributed by atoms with Gasteiger partial charge in [0, 0.05) is 24.5 Å². The van der Waals surface area contributed by atoms with Gasteiger partial charge in [0.15, 0.2) is 0 Å². The predicted molar refractivity (Wildman–Crippen MR) is 50.1 cm³/mol. The van der Waals surface area contributed by atoms with Crippen LogP contribution >= 0.6 is 0 Å². The van der Waals surface area contributed by atoms with E-state index in [2.05, 4.69) is 11.9 Å². The molecule has 0 aromatic heterocycles. The first-order valence-corrected chi connectivity index (χ1v) is 4.75. The Labute approximate surface area is 74.9 Å². The van der Waals surface area contributed by atoms with Gasteiger partial charge in [-0.05, 0) is 7.05 Å². The molecule has 3 heteroatoms. The molecule has 1 unspecified atom stereocenters. The fourth-order valence-electron chi connectivity index (χ4n) is 1.92. The van der Waals surface area contributed by atoms with Gasteiger partial charge in [-0.1, -0.05) is 13.8 Å². The van der Waals surface area contributed by atoms with Gasteiger partial charge in [-0.25, -0.2) is 0 Å². The molecule has 1 spiro atoms. The highest BCUT2D eigenvalue weighted by Crippen LogP contribution is 2.35. The van der Waals surface area contributed by atoms with Gasteiger partial charge in [0.05, 0.1) is 13.2 Å². The lowest BCUT2D eigenvalue weighted by Gasteiger charge is -2.40. The summed E-state index contributed by atoms with van der Waals surface area (Å²) in [6.45, 7) is 7.90. The van der Waals surface area contributed by atoms with Gasteiger partial charge >= 0.3 is 0 Å². The minimum atomic E-state index is 0.328. The summed E-state index contributed by atoms with van der Waals surface area (Å²) in [6, 6.07) is 0.339. The van der Waals surface area contributed by atoms with E-state index in [9.17, 15) is 0 Å². The number of ether oxygens (including phenoxy) is 1. The molecule has 2 aliphatic rings. The lowest BCUT2D eigenvalue weighted by atomic mass is 9.82. The molecule has 2 heterocycles. The Hall–Kier alpha value is -0.120. The third kappa shape index (κ3) is 1.49. The van der Waals surface area contributed by atoms with Crippen molar-refractivity contribution in [1.82, 2.24) is 4.90 Å². The van der Waals surface area contributed by atoms with Crippen molar-refractivity contribution < 1.29 is 4.74 Å². The van der Waals surface area contributed by atoms with Gasteiger partial charge in [-0.15, -0.1) is 0 Å². The van der Waals surface area contributed by atoms with Crippen LogP contribution in [0.3, 0.4) is 0 Å². The smallest absolute Gasteiger partial charge is 0.0572 e. The molecule has 2 saturated heterocycles. The summed E-state index contributed by atoms with van der Waals surface area (Å²) in [5, 5.41) is 0. The Morgan fingerprint density at radius 3 is 2.17 bits per heavy atom. The summed E-state index contributed by atoms with van der Waals surface area (Å²) < 4.78 is 5.17. The van der Waals surface area contributed by atoms with Crippen LogP contribution < -0.4 is 5.73 Å². The molecular weight excluding hydrogens is 152 g/mol. The molecule has 0 aliphatic carbocycles. The second-order valence-corrected chi connectivity index (χ2v) is 3.66. The van der Waals surface area contributed by atoms with Gasteiger partial charge < -0.3 is 15.4 Å². The average Bonchev–Trinajstić information content (AvgIpc) is 2.29. The van der Waals surface area contributed by atoms with E-state index in [-0.39, 0.29) is 0 Å². The van der Waals surface area contributed by atoms with E-state index in [1.807, 2.05) is 13.8 Å². The van der Waals surface area contributed by atoms with Crippen molar-refractivity contribution in [2.45, 2.75) is 19.9 Å². The zero-order valence-corrected chi connectivity index (χ0v) is 8.34. The van der Waals surface area contributed by atoms with Gasteiger partial charge in [0.2, 0.25) is 0 Å². The second kappa shape index (κ2) is 3.73. The van der Waals surface area contributed by atoms with E-state index in [0.29, 0.717) is 11.5 Å². The zero-order chi connectivity index (χ0) is 9.19. The molecule has 12 heavy (non-hydrogen) atoms. The molecule has 0 radical (unpaired) electrons. The Morgan fingerprint density at radius 2 is 2.00 bits per heavy atom. The summed E-state index contributed by atoms with van der Waals surface area (Å²) in [6.07, 6.45) is 0. The van der Waals surface area contributed by atoms with Gasteiger partial charge in [0.25, 0.3) is 0 Å². The van der Waals surface area contributed by atoms with E-state index in [0.717, 1.165) is 26.3 Å². The maximum absolute atomic E-state index is 5.94. The number of hydrogen-bond acceptors (Lipinski definition) is 3. The fraction of sp³-hybridized carbons (Fsp3) is 1.00. The van der Waals surface area contributed by atoms with Crippen molar-refractivity contribution in [3.05, 3.63) is 0 Å².